The molecule has 2 heterocycles. The van der Waals surface area contributed by atoms with Gasteiger partial charge >= 0.3 is 0 Å². The highest BCUT2D eigenvalue weighted by Crippen LogP contribution is 2.37. The van der Waals surface area contributed by atoms with Crippen molar-refractivity contribution < 1.29 is 14.2 Å². The molecule has 27 heavy (non-hydrogen) atoms. The summed E-state index contributed by atoms with van der Waals surface area (Å²) in [4.78, 5) is 18.5. The van der Waals surface area contributed by atoms with Crippen molar-refractivity contribution in [3.8, 4) is 0 Å². The van der Waals surface area contributed by atoms with Crippen LogP contribution >= 0.6 is 11.8 Å². The topological polar surface area (TPSA) is 116 Å². The number of hydroxylamine groups is 1. The van der Waals surface area contributed by atoms with E-state index >= 15 is 0 Å². The standard InChI is InChI=1S/C17H14FN5O3S/c18-10-5-4-9-6-13(12(9)7-10)20-16(21-25)15-17(23-26-22-15)27-8-11-2-1-3-14(24)19-11/h1-5,7,13,25H,6,8H2,(H,19,24)(H,20,21)/t13-/m0/s1. The largest absolute Gasteiger partial charge is 0.325 e. The number of aromatic nitrogens is 3. The number of hydrogen-bond acceptors (Lipinski definition) is 7. The van der Waals surface area contributed by atoms with Crippen molar-refractivity contribution in [1.82, 2.24) is 20.8 Å². The number of pyridine rings is 1. The molecule has 2 aromatic heterocycles. The van der Waals surface area contributed by atoms with Gasteiger partial charge in [-0.05, 0) is 46.1 Å². The molecular weight excluding hydrogens is 373 g/mol. The number of halogens is 1. The molecule has 0 unspecified atom stereocenters. The van der Waals surface area contributed by atoms with Crippen LogP contribution in [0.15, 0.2) is 55.8 Å². The van der Waals surface area contributed by atoms with Crippen molar-refractivity contribution in [3.05, 3.63) is 75.1 Å². The van der Waals surface area contributed by atoms with E-state index in [-0.39, 0.29) is 28.9 Å². The molecule has 0 saturated heterocycles. The summed E-state index contributed by atoms with van der Waals surface area (Å²) < 4.78 is 18.2. The Labute approximate surface area is 156 Å². The summed E-state index contributed by atoms with van der Waals surface area (Å²) in [5.74, 6) is 0.177. The number of benzene rings is 1. The van der Waals surface area contributed by atoms with Crippen molar-refractivity contribution in [2.75, 3.05) is 0 Å². The van der Waals surface area contributed by atoms with Gasteiger partial charge in [0.1, 0.15) is 5.82 Å². The first kappa shape index (κ1) is 17.4. The van der Waals surface area contributed by atoms with Gasteiger partial charge in [-0.15, -0.1) is 0 Å². The molecular formula is C17H14FN5O3S. The van der Waals surface area contributed by atoms with Crippen molar-refractivity contribution >= 4 is 17.6 Å². The number of amidine groups is 1. The fraction of sp³-hybridized carbons (Fsp3) is 0.176. The van der Waals surface area contributed by atoms with Crippen molar-refractivity contribution in [3.63, 3.8) is 0 Å². The lowest BCUT2D eigenvalue weighted by molar-refractivity contribution is 0.232. The molecule has 1 aliphatic carbocycles. The molecule has 3 N–H and O–H groups in total. The summed E-state index contributed by atoms with van der Waals surface area (Å²) in [6.45, 7) is 0. The highest BCUT2D eigenvalue weighted by atomic mass is 32.2. The molecule has 8 nitrogen and oxygen atoms in total. The molecule has 3 aromatic rings. The van der Waals surface area contributed by atoms with Gasteiger partial charge in [0.05, 0.1) is 6.04 Å². The van der Waals surface area contributed by atoms with Crippen LogP contribution in [0.5, 0.6) is 0 Å². The fourth-order valence-electron chi connectivity index (χ4n) is 2.81. The number of rotatable bonds is 5. The minimum atomic E-state index is -0.330. The van der Waals surface area contributed by atoms with Crippen LogP contribution in [0, 0.1) is 5.82 Å². The van der Waals surface area contributed by atoms with E-state index in [2.05, 4.69) is 20.3 Å². The van der Waals surface area contributed by atoms with Crippen LogP contribution < -0.4 is 11.0 Å². The van der Waals surface area contributed by atoms with Gasteiger partial charge in [0.25, 0.3) is 0 Å². The normalized spacial score (nSPS) is 15.9. The van der Waals surface area contributed by atoms with Crippen LogP contribution in [0.1, 0.15) is 28.6 Å². The number of fused-ring (bicyclic) bond motifs is 1. The first-order valence-corrected chi connectivity index (χ1v) is 9.03. The zero-order valence-corrected chi connectivity index (χ0v) is 14.7. The van der Waals surface area contributed by atoms with Crippen LogP contribution in [0.4, 0.5) is 4.39 Å². The van der Waals surface area contributed by atoms with Gasteiger partial charge in [-0.25, -0.2) is 9.02 Å². The lowest BCUT2D eigenvalue weighted by atomic mass is 9.83. The van der Waals surface area contributed by atoms with E-state index in [0.717, 1.165) is 11.1 Å². The average molecular weight is 387 g/mol. The third-order valence-corrected chi connectivity index (χ3v) is 5.14. The SMILES string of the molecule is O=c1cccc(CSc2nonc2C(=N[C@H]2Cc3ccc(F)cc32)NO)[nH]1. The van der Waals surface area contributed by atoms with Crippen LogP contribution in [-0.4, -0.2) is 26.3 Å². The zero-order chi connectivity index (χ0) is 18.8. The summed E-state index contributed by atoms with van der Waals surface area (Å²) >= 11 is 1.27. The Hall–Kier alpha value is -2.98. The maximum absolute atomic E-state index is 13.4. The minimum Gasteiger partial charge on any atom is -0.325 e. The van der Waals surface area contributed by atoms with Crippen LogP contribution in [0.3, 0.4) is 0 Å². The van der Waals surface area contributed by atoms with E-state index in [9.17, 15) is 14.4 Å². The van der Waals surface area contributed by atoms with E-state index in [0.29, 0.717) is 22.9 Å². The molecule has 0 aliphatic heterocycles. The number of hydrogen-bond donors (Lipinski definition) is 3. The molecule has 0 bridgehead atoms. The van der Waals surface area contributed by atoms with E-state index in [1.54, 1.807) is 18.2 Å². The van der Waals surface area contributed by atoms with Crippen molar-refractivity contribution in [1.29, 1.82) is 0 Å². The van der Waals surface area contributed by atoms with Gasteiger partial charge in [-0.3, -0.25) is 20.5 Å². The molecule has 0 fully saturated rings. The molecule has 0 spiro atoms. The Kier molecular flexibility index (Phi) is 4.73. The molecule has 1 aliphatic rings. The number of aliphatic imine (C=N–C) groups is 1. The van der Waals surface area contributed by atoms with Crippen molar-refractivity contribution in [2.45, 2.75) is 23.2 Å². The molecule has 0 radical (unpaired) electrons. The first-order valence-electron chi connectivity index (χ1n) is 8.04. The van der Waals surface area contributed by atoms with Gasteiger partial charge in [-0.1, -0.05) is 23.9 Å². The zero-order valence-electron chi connectivity index (χ0n) is 13.8. The fourth-order valence-corrected chi connectivity index (χ4v) is 3.62. The third kappa shape index (κ3) is 3.62. The second-order valence-electron chi connectivity index (χ2n) is 5.90. The Bertz CT molecular complexity index is 1060. The Morgan fingerprint density at radius 3 is 3.11 bits per heavy atom. The summed E-state index contributed by atoms with van der Waals surface area (Å²) in [6, 6.07) is 9.15. The predicted octanol–water partition coefficient (Wildman–Crippen LogP) is 2.21. The highest BCUT2D eigenvalue weighted by molar-refractivity contribution is 7.98. The Morgan fingerprint density at radius 2 is 2.30 bits per heavy atom. The monoisotopic (exact) mass is 387 g/mol. The van der Waals surface area contributed by atoms with Gasteiger partial charge in [0, 0.05) is 17.5 Å². The Morgan fingerprint density at radius 1 is 1.41 bits per heavy atom. The minimum absolute atomic E-state index is 0.0835. The quantitative estimate of drug-likeness (QED) is 0.266. The van der Waals surface area contributed by atoms with E-state index < -0.39 is 0 Å². The maximum atomic E-state index is 13.4. The first-order chi connectivity index (χ1) is 13.1. The highest BCUT2D eigenvalue weighted by Gasteiger charge is 2.28. The predicted molar refractivity (Wildman–Crippen MR) is 95.2 cm³/mol. The number of thioether (sulfide) groups is 1. The maximum Gasteiger partial charge on any atom is 0.248 e. The van der Waals surface area contributed by atoms with E-state index in [4.69, 9.17) is 4.63 Å². The molecule has 138 valence electrons. The van der Waals surface area contributed by atoms with Crippen LogP contribution in [-0.2, 0) is 12.2 Å². The summed E-state index contributed by atoms with van der Waals surface area (Å²) in [6.07, 6.45) is 0.639. The molecule has 4 rings (SSSR count). The second-order valence-corrected chi connectivity index (χ2v) is 6.86. The number of aromatic amines is 1. The summed E-state index contributed by atoms with van der Waals surface area (Å²) in [7, 11) is 0. The van der Waals surface area contributed by atoms with Gasteiger partial charge in [0.2, 0.25) is 5.56 Å². The van der Waals surface area contributed by atoms with Crippen LogP contribution in [0.2, 0.25) is 0 Å². The Balaban J connectivity index is 1.54. The smallest absolute Gasteiger partial charge is 0.248 e. The number of nitrogens with one attached hydrogen (secondary N) is 2. The van der Waals surface area contributed by atoms with Crippen molar-refractivity contribution in [2.24, 2.45) is 4.99 Å². The summed E-state index contributed by atoms with van der Waals surface area (Å²) in [5.41, 5.74) is 4.57. The lowest BCUT2D eigenvalue weighted by Crippen LogP contribution is -2.25. The molecule has 0 amide bonds. The van der Waals surface area contributed by atoms with Crippen LogP contribution in [0.25, 0.3) is 0 Å². The van der Waals surface area contributed by atoms with E-state index in [1.807, 2.05) is 5.48 Å². The second kappa shape index (κ2) is 7.33. The molecule has 10 heteroatoms. The van der Waals surface area contributed by atoms with Gasteiger partial charge in [-0.2, -0.15) is 0 Å². The average Bonchev–Trinajstić information content (AvgIpc) is 3.11. The van der Waals surface area contributed by atoms with Gasteiger partial charge < -0.3 is 4.98 Å². The molecule has 1 aromatic carbocycles. The number of H-pyrrole nitrogens is 1. The van der Waals surface area contributed by atoms with Gasteiger partial charge in [0.15, 0.2) is 16.6 Å². The third-order valence-electron chi connectivity index (χ3n) is 4.15. The number of nitrogens with zero attached hydrogens (tertiary/aromatic N) is 3. The van der Waals surface area contributed by atoms with E-state index in [1.165, 1.54) is 30.0 Å². The lowest BCUT2D eigenvalue weighted by Gasteiger charge is -2.27. The molecule has 1 atom stereocenters. The molecule has 0 saturated carbocycles. The summed E-state index contributed by atoms with van der Waals surface area (Å²) in [5, 5.41) is 17.5.